The molecule has 1 fully saturated rings. The summed E-state index contributed by atoms with van der Waals surface area (Å²) in [5.74, 6) is 0.399. The van der Waals surface area contributed by atoms with E-state index in [4.69, 9.17) is 0 Å². The van der Waals surface area contributed by atoms with Crippen molar-refractivity contribution in [3.8, 4) is 0 Å². The van der Waals surface area contributed by atoms with E-state index in [1.165, 1.54) is 6.07 Å². The highest BCUT2D eigenvalue weighted by Gasteiger charge is 2.26. The maximum absolute atomic E-state index is 13.8. The van der Waals surface area contributed by atoms with Crippen LogP contribution in [0.25, 0.3) is 0 Å². The Morgan fingerprint density at radius 2 is 2.24 bits per heavy atom. The van der Waals surface area contributed by atoms with Crippen molar-refractivity contribution in [1.82, 2.24) is 5.32 Å². The van der Waals surface area contributed by atoms with Gasteiger partial charge in [-0.3, -0.25) is 0 Å². The minimum absolute atomic E-state index is 0.136. The third-order valence-corrected chi connectivity index (χ3v) is 4.02. The Balaban J connectivity index is 2.16. The Kier molecular flexibility index (Phi) is 4.05. The predicted molar refractivity (Wildman–Crippen MR) is 72.9 cm³/mol. The van der Waals surface area contributed by atoms with Crippen molar-refractivity contribution in [2.24, 2.45) is 5.92 Å². The Hall–Kier alpha value is -0.610. The van der Waals surface area contributed by atoms with Crippen LogP contribution >= 0.6 is 15.9 Å². The summed E-state index contributed by atoms with van der Waals surface area (Å²) in [6.45, 7) is 4.02. The van der Waals surface area contributed by atoms with Gasteiger partial charge in [-0.15, -0.1) is 0 Å². The molecule has 1 heterocycles. The van der Waals surface area contributed by atoms with Crippen molar-refractivity contribution in [3.63, 3.8) is 0 Å². The molecule has 0 radical (unpaired) electrons. The summed E-state index contributed by atoms with van der Waals surface area (Å²) >= 11 is 3.40. The van der Waals surface area contributed by atoms with Crippen LogP contribution in [-0.4, -0.2) is 26.2 Å². The Morgan fingerprint density at radius 3 is 2.88 bits per heavy atom. The molecule has 0 spiro atoms. The van der Waals surface area contributed by atoms with E-state index in [1.54, 1.807) is 6.07 Å². The van der Waals surface area contributed by atoms with E-state index in [9.17, 15) is 4.39 Å². The van der Waals surface area contributed by atoms with Gasteiger partial charge in [0.1, 0.15) is 5.82 Å². The lowest BCUT2D eigenvalue weighted by atomic mass is 9.93. The zero-order chi connectivity index (χ0) is 12.4. The summed E-state index contributed by atoms with van der Waals surface area (Å²) in [5.41, 5.74) is 0.709. The monoisotopic (exact) mass is 300 g/mol. The first-order valence-corrected chi connectivity index (χ1v) is 6.78. The molecule has 2 rings (SSSR count). The minimum atomic E-state index is -0.136. The first-order valence-electron chi connectivity index (χ1n) is 5.99. The van der Waals surface area contributed by atoms with Crippen LogP contribution in [0.3, 0.4) is 0 Å². The van der Waals surface area contributed by atoms with Crippen LogP contribution in [0, 0.1) is 11.7 Å². The van der Waals surface area contributed by atoms with Crippen molar-refractivity contribution in [1.29, 1.82) is 0 Å². The van der Waals surface area contributed by atoms with Crippen molar-refractivity contribution >= 4 is 21.6 Å². The quantitative estimate of drug-likeness (QED) is 0.903. The molecule has 0 aromatic heterocycles. The van der Waals surface area contributed by atoms with Gasteiger partial charge in [-0.1, -0.05) is 22.9 Å². The van der Waals surface area contributed by atoms with Gasteiger partial charge in [0.2, 0.25) is 0 Å². The number of hydrogen-bond donors (Lipinski definition) is 1. The molecule has 0 saturated carbocycles. The van der Waals surface area contributed by atoms with E-state index < -0.39 is 0 Å². The number of hydrogen-bond acceptors (Lipinski definition) is 2. The van der Waals surface area contributed by atoms with Gasteiger partial charge in [0.25, 0.3) is 0 Å². The Labute approximate surface area is 110 Å². The number of nitrogens with zero attached hydrogens (tertiary/aromatic N) is 1. The zero-order valence-corrected chi connectivity index (χ0v) is 11.8. The molecule has 1 aliphatic rings. The van der Waals surface area contributed by atoms with Gasteiger partial charge in [-0.25, -0.2) is 4.39 Å². The van der Waals surface area contributed by atoms with Crippen molar-refractivity contribution in [2.45, 2.75) is 19.4 Å². The molecule has 2 nitrogen and oxygen atoms in total. The van der Waals surface area contributed by atoms with E-state index in [0.717, 1.165) is 24.0 Å². The molecule has 1 saturated heterocycles. The van der Waals surface area contributed by atoms with E-state index >= 15 is 0 Å². The number of halogens is 2. The number of nitrogens with one attached hydrogen (secondary N) is 1. The average Bonchev–Trinajstić information content (AvgIpc) is 2.32. The van der Waals surface area contributed by atoms with Gasteiger partial charge in [0.05, 0.1) is 5.69 Å². The van der Waals surface area contributed by atoms with Gasteiger partial charge in [0.15, 0.2) is 0 Å². The smallest absolute Gasteiger partial charge is 0.146 e. The van der Waals surface area contributed by atoms with Crippen LogP contribution in [0.2, 0.25) is 0 Å². The molecule has 0 bridgehead atoms. The van der Waals surface area contributed by atoms with E-state index in [2.05, 4.69) is 33.1 Å². The van der Waals surface area contributed by atoms with Crippen molar-refractivity contribution < 1.29 is 4.39 Å². The fourth-order valence-electron chi connectivity index (χ4n) is 2.52. The van der Waals surface area contributed by atoms with Gasteiger partial charge in [-0.05, 0) is 37.6 Å². The molecule has 94 valence electrons. The SMILES string of the molecule is CNC1CCN(c2cc(Br)ccc2F)CC1C. The lowest BCUT2D eigenvalue weighted by molar-refractivity contribution is 0.337. The van der Waals surface area contributed by atoms with Crippen LogP contribution in [0.5, 0.6) is 0 Å². The summed E-state index contributed by atoms with van der Waals surface area (Å²) in [6, 6.07) is 5.67. The number of piperidine rings is 1. The van der Waals surface area contributed by atoms with E-state index in [-0.39, 0.29) is 5.82 Å². The fraction of sp³-hybridized carbons (Fsp3) is 0.538. The largest absolute Gasteiger partial charge is 0.369 e. The summed E-state index contributed by atoms with van der Waals surface area (Å²) in [6.07, 6.45) is 1.06. The van der Waals surface area contributed by atoms with Gasteiger partial charge < -0.3 is 10.2 Å². The molecule has 1 N–H and O–H groups in total. The second kappa shape index (κ2) is 5.36. The maximum atomic E-state index is 13.8. The highest BCUT2D eigenvalue weighted by atomic mass is 79.9. The first kappa shape index (κ1) is 12.8. The summed E-state index contributed by atoms with van der Waals surface area (Å²) in [7, 11) is 2.00. The molecule has 1 aromatic rings. The highest BCUT2D eigenvalue weighted by Crippen LogP contribution is 2.28. The lowest BCUT2D eigenvalue weighted by Gasteiger charge is -2.38. The zero-order valence-electron chi connectivity index (χ0n) is 10.2. The van der Waals surface area contributed by atoms with Crippen molar-refractivity contribution in [3.05, 3.63) is 28.5 Å². The molecule has 0 amide bonds. The highest BCUT2D eigenvalue weighted by molar-refractivity contribution is 9.10. The first-order chi connectivity index (χ1) is 8.11. The second-order valence-electron chi connectivity index (χ2n) is 4.70. The number of rotatable bonds is 2. The molecule has 17 heavy (non-hydrogen) atoms. The van der Waals surface area contributed by atoms with E-state index in [0.29, 0.717) is 17.6 Å². The Bertz CT molecular complexity index is 397. The molecular weight excluding hydrogens is 283 g/mol. The number of benzene rings is 1. The van der Waals surface area contributed by atoms with Crippen LogP contribution in [0.4, 0.5) is 10.1 Å². The molecule has 2 unspecified atom stereocenters. The maximum Gasteiger partial charge on any atom is 0.146 e. The molecule has 0 aliphatic carbocycles. The molecular formula is C13H18BrFN2. The average molecular weight is 301 g/mol. The Morgan fingerprint density at radius 1 is 1.47 bits per heavy atom. The fourth-order valence-corrected chi connectivity index (χ4v) is 2.87. The van der Waals surface area contributed by atoms with Crippen LogP contribution in [0.1, 0.15) is 13.3 Å². The van der Waals surface area contributed by atoms with Crippen LogP contribution in [-0.2, 0) is 0 Å². The van der Waals surface area contributed by atoms with Gasteiger partial charge in [0, 0.05) is 23.6 Å². The van der Waals surface area contributed by atoms with Crippen LogP contribution in [0.15, 0.2) is 22.7 Å². The topological polar surface area (TPSA) is 15.3 Å². The third-order valence-electron chi connectivity index (χ3n) is 3.52. The summed E-state index contributed by atoms with van der Waals surface area (Å²) < 4.78 is 14.7. The van der Waals surface area contributed by atoms with Crippen LogP contribution < -0.4 is 10.2 Å². The second-order valence-corrected chi connectivity index (χ2v) is 5.62. The molecule has 2 atom stereocenters. The molecule has 4 heteroatoms. The predicted octanol–water partition coefficient (Wildman–Crippen LogP) is 3.02. The molecule has 1 aromatic carbocycles. The van der Waals surface area contributed by atoms with Gasteiger partial charge >= 0.3 is 0 Å². The lowest BCUT2D eigenvalue weighted by Crippen LogP contribution is -2.47. The van der Waals surface area contributed by atoms with Gasteiger partial charge in [-0.2, -0.15) is 0 Å². The number of anilines is 1. The summed E-state index contributed by atoms with van der Waals surface area (Å²) in [4.78, 5) is 2.14. The third kappa shape index (κ3) is 2.80. The normalized spacial score (nSPS) is 25.1. The standard InChI is InChI=1S/C13H18BrFN2/c1-9-8-17(6-5-12(9)16-2)13-7-10(14)3-4-11(13)15/h3-4,7,9,12,16H,5-6,8H2,1-2H3. The summed E-state index contributed by atoms with van der Waals surface area (Å²) in [5, 5.41) is 3.32. The van der Waals surface area contributed by atoms with E-state index in [1.807, 2.05) is 13.1 Å². The minimum Gasteiger partial charge on any atom is -0.369 e. The molecule has 1 aliphatic heterocycles. The van der Waals surface area contributed by atoms with Crippen molar-refractivity contribution in [2.75, 3.05) is 25.0 Å².